The Balaban J connectivity index is 2.48. The van der Waals surface area contributed by atoms with Crippen LogP contribution in [0.3, 0.4) is 0 Å². The van der Waals surface area contributed by atoms with Crippen LogP contribution in [-0.2, 0) is 5.41 Å². The maximum atomic E-state index is 3.58. The van der Waals surface area contributed by atoms with Crippen LogP contribution in [0.1, 0.15) is 47.1 Å². The van der Waals surface area contributed by atoms with Crippen LogP contribution in [0.15, 0.2) is 54.6 Å². The van der Waals surface area contributed by atoms with Crippen molar-refractivity contribution >= 4 is 11.4 Å². The molecule has 2 rings (SSSR count). The Morgan fingerprint density at radius 2 is 1.27 bits per heavy atom. The average Bonchev–Trinajstić information content (AvgIpc) is 2.44. The molecular weight excluding hydrogens is 268 g/mol. The van der Waals surface area contributed by atoms with Crippen LogP contribution < -0.4 is 10.4 Å². The van der Waals surface area contributed by atoms with Crippen LogP contribution in [0.2, 0.25) is 0 Å². The van der Waals surface area contributed by atoms with Crippen molar-refractivity contribution in [2.45, 2.75) is 52.5 Å². The first-order valence-electron chi connectivity index (χ1n) is 7.91. The lowest BCUT2D eigenvalue weighted by molar-refractivity contribution is 0.523. The average molecular weight is 296 g/mol. The van der Waals surface area contributed by atoms with Crippen LogP contribution in [0, 0.1) is 0 Å². The molecule has 0 amide bonds. The number of anilines is 2. The Labute approximate surface area is 135 Å². The molecule has 2 aromatic carbocycles. The molecule has 1 N–H and O–H groups in total. The summed E-state index contributed by atoms with van der Waals surface area (Å²) in [6.07, 6.45) is 0. The Hall–Kier alpha value is -1.96. The summed E-state index contributed by atoms with van der Waals surface area (Å²) in [6, 6.07) is 19.0. The molecule has 0 aliphatic carbocycles. The van der Waals surface area contributed by atoms with Crippen LogP contribution in [-0.4, -0.2) is 5.54 Å². The van der Waals surface area contributed by atoms with Crippen LogP contribution in [0.25, 0.3) is 0 Å². The lowest BCUT2D eigenvalue weighted by Crippen LogP contribution is -2.46. The van der Waals surface area contributed by atoms with E-state index in [0.29, 0.717) is 0 Å². The lowest BCUT2D eigenvalue weighted by Gasteiger charge is -2.41. The van der Waals surface area contributed by atoms with E-state index in [1.54, 1.807) is 0 Å². The zero-order chi connectivity index (χ0) is 16.4. The first-order valence-corrected chi connectivity index (χ1v) is 7.91. The van der Waals surface area contributed by atoms with Crippen molar-refractivity contribution in [3.8, 4) is 0 Å². The quantitative estimate of drug-likeness (QED) is 0.740. The SMILES string of the molecule is CC(C)(C)c1ccccc1N(Nc1ccccc1)C(C)(C)C. The van der Waals surface area contributed by atoms with Crippen LogP contribution >= 0.6 is 0 Å². The normalized spacial score (nSPS) is 12.1. The largest absolute Gasteiger partial charge is 0.298 e. The predicted octanol–water partition coefficient (Wildman–Crippen LogP) is 5.62. The zero-order valence-electron chi connectivity index (χ0n) is 14.6. The first-order chi connectivity index (χ1) is 10.2. The molecule has 0 fully saturated rings. The van der Waals surface area contributed by atoms with E-state index in [1.165, 1.54) is 11.3 Å². The summed E-state index contributed by atoms with van der Waals surface area (Å²) >= 11 is 0. The number of hydrogen-bond donors (Lipinski definition) is 1. The molecule has 0 spiro atoms. The van der Waals surface area contributed by atoms with Crippen molar-refractivity contribution in [3.63, 3.8) is 0 Å². The third kappa shape index (κ3) is 3.82. The van der Waals surface area contributed by atoms with E-state index in [1.807, 2.05) is 6.07 Å². The summed E-state index contributed by atoms with van der Waals surface area (Å²) in [7, 11) is 0. The van der Waals surface area contributed by atoms with Gasteiger partial charge in [-0.1, -0.05) is 57.2 Å². The van der Waals surface area contributed by atoms with Crippen molar-refractivity contribution in [3.05, 3.63) is 60.2 Å². The highest BCUT2D eigenvalue weighted by atomic mass is 15.5. The van der Waals surface area contributed by atoms with Gasteiger partial charge in [0, 0.05) is 0 Å². The highest BCUT2D eigenvalue weighted by molar-refractivity contribution is 5.62. The second kappa shape index (κ2) is 6.04. The van der Waals surface area contributed by atoms with E-state index in [0.717, 1.165) is 5.69 Å². The van der Waals surface area contributed by atoms with Crippen molar-refractivity contribution in [2.24, 2.45) is 0 Å². The molecule has 22 heavy (non-hydrogen) atoms. The summed E-state index contributed by atoms with van der Waals surface area (Å²) in [6.45, 7) is 13.5. The fourth-order valence-corrected chi connectivity index (χ4v) is 2.53. The third-order valence-corrected chi connectivity index (χ3v) is 3.64. The van der Waals surface area contributed by atoms with Crippen LogP contribution in [0.5, 0.6) is 0 Å². The third-order valence-electron chi connectivity index (χ3n) is 3.64. The highest BCUT2D eigenvalue weighted by Gasteiger charge is 2.27. The van der Waals surface area contributed by atoms with E-state index in [9.17, 15) is 0 Å². The number of nitrogens with zero attached hydrogens (tertiary/aromatic N) is 1. The fourth-order valence-electron chi connectivity index (χ4n) is 2.53. The minimum atomic E-state index is -0.0444. The molecule has 0 aliphatic heterocycles. The summed E-state index contributed by atoms with van der Waals surface area (Å²) in [5.74, 6) is 0. The van der Waals surface area contributed by atoms with Crippen molar-refractivity contribution < 1.29 is 0 Å². The Morgan fingerprint density at radius 3 is 1.82 bits per heavy atom. The summed E-state index contributed by atoms with van der Waals surface area (Å²) in [4.78, 5) is 0. The van der Waals surface area contributed by atoms with Gasteiger partial charge < -0.3 is 0 Å². The number of hydrazine groups is 1. The number of rotatable bonds is 3. The van der Waals surface area contributed by atoms with E-state index in [2.05, 4.69) is 101 Å². The van der Waals surface area contributed by atoms with Gasteiger partial charge in [0.2, 0.25) is 0 Å². The molecular formula is C20H28N2. The fraction of sp³-hybridized carbons (Fsp3) is 0.400. The number of para-hydroxylation sites is 2. The van der Waals surface area contributed by atoms with E-state index < -0.39 is 0 Å². The van der Waals surface area contributed by atoms with Gasteiger partial charge in [-0.05, 0) is 49.9 Å². The van der Waals surface area contributed by atoms with Crippen molar-refractivity contribution in [2.75, 3.05) is 10.4 Å². The molecule has 0 saturated heterocycles. The first kappa shape index (κ1) is 16.4. The highest BCUT2D eigenvalue weighted by Crippen LogP contribution is 2.35. The van der Waals surface area contributed by atoms with E-state index in [-0.39, 0.29) is 11.0 Å². The molecule has 2 aromatic rings. The molecule has 2 nitrogen and oxygen atoms in total. The van der Waals surface area contributed by atoms with Gasteiger partial charge in [0.05, 0.1) is 16.9 Å². The molecule has 0 radical (unpaired) electrons. The Kier molecular flexibility index (Phi) is 4.50. The van der Waals surface area contributed by atoms with Gasteiger partial charge in [0.15, 0.2) is 0 Å². The lowest BCUT2D eigenvalue weighted by atomic mass is 9.85. The number of nitrogens with one attached hydrogen (secondary N) is 1. The second-order valence-corrected chi connectivity index (χ2v) is 7.75. The van der Waals surface area contributed by atoms with Gasteiger partial charge in [-0.15, -0.1) is 0 Å². The maximum absolute atomic E-state index is 3.58. The van der Waals surface area contributed by atoms with Gasteiger partial charge in [-0.3, -0.25) is 10.4 Å². The molecule has 0 saturated carbocycles. The molecule has 0 aliphatic rings. The number of hydrogen-bond acceptors (Lipinski definition) is 2. The molecule has 0 unspecified atom stereocenters. The van der Waals surface area contributed by atoms with Crippen LogP contribution in [0.4, 0.5) is 11.4 Å². The molecule has 0 heterocycles. The van der Waals surface area contributed by atoms with Crippen molar-refractivity contribution in [1.82, 2.24) is 0 Å². The van der Waals surface area contributed by atoms with Gasteiger partial charge in [0.25, 0.3) is 0 Å². The zero-order valence-corrected chi connectivity index (χ0v) is 14.6. The van der Waals surface area contributed by atoms with E-state index >= 15 is 0 Å². The maximum Gasteiger partial charge on any atom is 0.0615 e. The van der Waals surface area contributed by atoms with Gasteiger partial charge in [-0.2, -0.15) is 0 Å². The standard InChI is InChI=1S/C20H28N2/c1-19(2,3)17-14-10-11-15-18(17)22(20(4,5)6)21-16-12-8-7-9-13-16/h7-15,21H,1-6H3. The monoisotopic (exact) mass is 296 g/mol. The molecule has 2 heteroatoms. The molecule has 0 aromatic heterocycles. The van der Waals surface area contributed by atoms with E-state index in [4.69, 9.17) is 0 Å². The Morgan fingerprint density at radius 1 is 0.727 bits per heavy atom. The molecule has 0 atom stereocenters. The Bertz CT molecular complexity index is 604. The molecule has 0 bridgehead atoms. The predicted molar refractivity (Wildman–Crippen MR) is 97.4 cm³/mol. The molecule has 118 valence electrons. The summed E-state index contributed by atoms with van der Waals surface area (Å²) in [5.41, 5.74) is 7.30. The second-order valence-electron chi connectivity index (χ2n) is 7.75. The van der Waals surface area contributed by atoms with Gasteiger partial charge in [0.1, 0.15) is 0 Å². The minimum absolute atomic E-state index is 0.0444. The topological polar surface area (TPSA) is 15.3 Å². The number of benzene rings is 2. The van der Waals surface area contributed by atoms with Gasteiger partial charge >= 0.3 is 0 Å². The minimum Gasteiger partial charge on any atom is -0.298 e. The smallest absolute Gasteiger partial charge is 0.0615 e. The summed E-state index contributed by atoms with van der Waals surface area (Å²) in [5, 5.41) is 2.27. The van der Waals surface area contributed by atoms with Crippen molar-refractivity contribution in [1.29, 1.82) is 0 Å². The van der Waals surface area contributed by atoms with Gasteiger partial charge in [-0.25, -0.2) is 0 Å². The summed E-state index contributed by atoms with van der Waals surface area (Å²) < 4.78 is 0.